The summed E-state index contributed by atoms with van der Waals surface area (Å²) >= 11 is 0. The summed E-state index contributed by atoms with van der Waals surface area (Å²) in [5, 5.41) is 9.63. The van der Waals surface area contributed by atoms with E-state index in [0.29, 0.717) is 5.92 Å². The van der Waals surface area contributed by atoms with Gasteiger partial charge >= 0.3 is 5.97 Å². The third kappa shape index (κ3) is 2.43. The highest BCUT2D eigenvalue weighted by Gasteiger charge is 2.46. The van der Waals surface area contributed by atoms with Crippen molar-refractivity contribution in [3.8, 4) is 5.75 Å². The molecule has 21 heavy (non-hydrogen) atoms. The number of hydrogen-bond acceptors (Lipinski definition) is 2. The summed E-state index contributed by atoms with van der Waals surface area (Å²) in [6, 6.07) is 6.06. The third-order valence-corrected chi connectivity index (χ3v) is 5.44. The van der Waals surface area contributed by atoms with Crippen LogP contribution in [0.1, 0.15) is 68.4 Å². The molecule has 1 aromatic rings. The van der Waals surface area contributed by atoms with E-state index < -0.39 is 11.4 Å². The van der Waals surface area contributed by atoms with Crippen LogP contribution in [0.4, 0.5) is 0 Å². The first-order valence-corrected chi connectivity index (χ1v) is 8.09. The number of methoxy groups -OCH3 is 1. The maximum absolute atomic E-state index is 11.7. The fraction of sp³-hybridized carbons (Fsp3) is 0.611. The number of ether oxygens (including phenoxy) is 1. The second-order valence-electron chi connectivity index (χ2n) is 6.53. The summed E-state index contributed by atoms with van der Waals surface area (Å²) in [5.41, 5.74) is 1.56. The Balaban J connectivity index is 1.98. The number of carboxylic acid groups (broad SMARTS) is 1. The number of hydrogen-bond donors (Lipinski definition) is 1. The zero-order valence-corrected chi connectivity index (χ0v) is 12.7. The molecule has 3 rings (SSSR count). The van der Waals surface area contributed by atoms with Crippen LogP contribution in [-0.4, -0.2) is 18.2 Å². The molecular formula is C18H24O3. The van der Waals surface area contributed by atoms with E-state index in [-0.39, 0.29) is 0 Å². The second-order valence-corrected chi connectivity index (χ2v) is 6.53. The van der Waals surface area contributed by atoms with Crippen LogP contribution in [0, 0.1) is 0 Å². The average molecular weight is 288 g/mol. The van der Waals surface area contributed by atoms with E-state index in [1.165, 1.54) is 37.7 Å². The Morgan fingerprint density at radius 1 is 1.19 bits per heavy atom. The molecule has 0 unspecified atom stereocenters. The molecule has 0 spiro atoms. The van der Waals surface area contributed by atoms with Crippen LogP contribution >= 0.6 is 0 Å². The predicted molar refractivity (Wildman–Crippen MR) is 82.0 cm³/mol. The molecule has 0 atom stereocenters. The molecule has 2 aliphatic carbocycles. The maximum Gasteiger partial charge on any atom is 0.314 e. The minimum atomic E-state index is -0.673. The van der Waals surface area contributed by atoms with Crippen molar-refractivity contribution in [1.29, 1.82) is 0 Å². The number of carboxylic acids is 1. The molecule has 1 N–H and O–H groups in total. The minimum Gasteiger partial charge on any atom is -0.496 e. The summed E-state index contributed by atoms with van der Waals surface area (Å²) in [7, 11) is 1.71. The van der Waals surface area contributed by atoms with Gasteiger partial charge in [-0.15, -0.1) is 0 Å². The quantitative estimate of drug-likeness (QED) is 0.901. The van der Waals surface area contributed by atoms with Gasteiger partial charge in [-0.1, -0.05) is 37.8 Å². The molecule has 3 nitrogen and oxygen atoms in total. The summed E-state index contributed by atoms with van der Waals surface area (Å²) in [6.07, 6.45) is 8.77. The summed E-state index contributed by atoms with van der Waals surface area (Å²) in [5.74, 6) is 0.776. The van der Waals surface area contributed by atoms with Gasteiger partial charge in [-0.2, -0.15) is 0 Å². The Kier molecular flexibility index (Phi) is 3.92. The van der Waals surface area contributed by atoms with Crippen LogP contribution in [0.3, 0.4) is 0 Å². The highest BCUT2D eigenvalue weighted by atomic mass is 16.5. The zero-order chi connectivity index (χ0) is 14.9. The predicted octanol–water partition coefficient (Wildman–Crippen LogP) is 4.25. The van der Waals surface area contributed by atoms with E-state index in [0.717, 1.165) is 30.6 Å². The molecular weight excluding hydrogens is 264 g/mol. The van der Waals surface area contributed by atoms with Gasteiger partial charge in [0, 0.05) is 0 Å². The monoisotopic (exact) mass is 288 g/mol. The SMILES string of the molecule is COc1ccc(C2(C(=O)O)CCC2)cc1C1CCCCC1. The lowest BCUT2D eigenvalue weighted by Crippen LogP contribution is -2.42. The number of carbonyl (C=O) groups is 1. The van der Waals surface area contributed by atoms with E-state index in [4.69, 9.17) is 4.74 Å². The van der Waals surface area contributed by atoms with Crippen LogP contribution < -0.4 is 4.74 Å². The van der Waals surface area contributed by atoms with Gasteiger partial charge in [0.15, 0.2) is 0 Å². The summed E-state index contributed by atoms with van der Waals surface area (Å²) in [6.45, 7) is 0. The average Bonchev–Trinajstić information content (AvgIpc) is 2.46. The molecule has 114 valence electrons. The molecule has 0 amide bonds. The van der Waals surface area contributed by atoms with Crippen LogP contribution in [-0.2, 0) is 10.2 Å². The van der Waals surface area contributed by atoms with Gasteiger partial charge in [-0.25, -0.2) is 0 Å². The highest BCUT2D eigenvalue weighted by molar-refractivity contribution is 5.82. The standard InChI is InChI=1S/C18H24O3/c1-21-16-9-8-14(18(17(19)20)10-5-11-18)12-15(16)13-6-3-2-4-7-13/h8-9,12-13H,2-7,10-11H2,1H3,(H,19,20). The molecule has 1 aromatic carbocycles. The van der Waals surface area contributed by atoms with Crippen LogP contribution in [0.25, 0.3) is 0 Å². The Labute approximate surface area is 126 Å². The molecule has 0 aromatic heterocycles. The van der Waals surface area contributed by atoms with Crippen molar-refractivity contribution in [2.24, 2.45) is 0 Å². The van der Waals surface area contributed by atoms with E-state index in [1.54, 1.807) is 7.11 Å². The Morgan fingerprint density at radius 3 is 2.43 bits per heavy atom. The van der Waals surface area contributed by atoms with Gasteiger partial charge in [-0.05, 0) is 48.8 Å². The second kappa shape index (κ2) is 5.70. The third-order valence-electron chi connectivity index (χ3n) is 5.44. The van der Waals surface area contributed by atoms with Crippen molar-refractivity contribution < 1.29 is 14.6 Å². The maximum atomic E-state index is 11.7. The molecule has 0 radical (unpaired) electrons. The van der Waals surface area contributed by atoms with E-state index in [2.05, 4.69) is 6.07 Å². The van der Waals surface area contributed by atoms with Gasteiger partial charge in [0.1, 0.15) is 5.75 Å². The fourth-order valence-electron chi connectivity index (χ4n) is 3.92. The van der Waals surface area contributed by atoms with Crippen molar-refractivity contribution in [3.63, 3.8) is 0 Å². The molecule has 2 aliphatic rings. The molecule has 0 aliphatic heterocycles. The topological polar surface area (TPSA) is 46.5 Å². The lowest BCUT2D eigenvalue weighted by Gasteiger charge is -2.39. The lowest BCUT2D eigenvalue weighted by atomic mass is 9.64. The minimum absolute atomic E-state index is 0.527. The van der Waals surface area contributed by atoms with Crippen LogP contribution in [0.5, 0.6) is 5.75 Å². The van der Waals surface area contributed by atoms with Crippen LogP contribution in [0.2, 0.25) is 0 Å². The highest BCUT2D eigenvalue weighted by Crippen LogP contribution is 2.46. The van der Waals surface area contributed by atoms with Gasteiger partial charge in [0.05, 0.1) is 12.5 Å². The van der Waals surface area contributed by atoms with Crippen molar-refractivity contribution in [1.82, 2.24) is 0 Å². The number of benzene rings is 1. The summed E-state index contributed by atoms with van der Waals surface area (Å²) < 4.78 is 5.53. The summed E-state index contributed by atoms with van der Waals surface area (Å²) in [4.78, 5) is 11.7. The molecule has 2 saturated carbocycles. The first-order valence-electron chi connectivity index (χ1n) is 8.09. The van der Waals surface area contributed by atoms with Crippen molar-refractivity contribution >= 4 is 5.97 Å². The first-order chi connectivity index (χ1) is 10.2. The Hall–Kier alpha value is -1.51. The van der Waals surface area contributed by atoms with Gasteiger partial charge in [0.25, 0.3) is 0 Å². The van der Waals surface area contributed by atoms with E-state index in [1.807, 2.05) is 12.1 Å². The Bertz CT molecular complexity index is 525. The molecule has 0 bridgehead atoms. The Morgan fingerprint density at radius 2 is 1.90 bits per heavy atom. The van der Waals surface area contributed by atoms with Gasteiger partial charge < -0.3 is 9.84 Å². The zero-order valence-electron chi connectivity index (χ0n) is 12.7. The molecule has 2 fully saturated rings. The molecule has 3 heteroatoms. The van der Waals surface area contributed by atoms with Gasteiger partial charge in [-0.3, -0.25) is 4.79 Å². The van der Waals surface area contributed by atoms with E-state index >= 15 is 0 Å². The first kappa shape index (κ1) is 14.4. The lowest BCUT2D eigenvalue weighted by molar-refractivity contribution is -0.147. The van der Waals surface area contributed by atoms with Crippen molar-refractivity contribution in [2.75, 3.05) is 7.11 Å². The number of rotatable bonds is 4. The molecule has 0 heterocycles. The normalized spacial score (nSPS) is 21.6. The smallest absolute Gasteiger partial charge is 0.314 e. The van der Waals surface area contributed by atoms with Crippen molar-refractivity contribution in [2.45, 2.75) is 62.7 Å². The fourth-order valence-corrected chi connectivity index (χ4v) is 3.92. The van der Waals surface area contributed by atoms with Crippen molar-refractivity contribution in [3.05, 3.63) is 29.3 Å². The largest absolute Gasteiger partial charge is 0.496 e. The number of aliphatic carboxylic acids is 1. The van der Waals surface area contributed by atoms with E-state index in [9.17, 15) is 9.90 Å². The van der Waals surface area contributed by atoms with Crippen LogP contribution in [0.15, 0.2) is 18.2 Å². The molecule has 0 saturated heterocycles. The van der Waals surface area contributed by atoms with Gasteiger partial charge in [0.2, 0.25) is 0 Å².